The molecule has 31 heavy (non-hydrogen) atoms. The van der Waals surface area contributed by atoms with Gasteiger partial charge in [0.15, 0.2) is 0 Å². The summed E-state index contributed by atoms with van der Waals surface area (Å²) >= 11 is 0. The number of benzene rings is 1. The van der Waals surface area contributed by atoms with E-state index in [4.69, 9.17) is 9.47 Å². The fraction of sp³-hybridized carbons (Fsp3) is 0.652. The summed E-state index contributed by atoms with van der Waals surface area (Å²) in [4.78, 5) is 29.1. The maximum absolute atomic E-state index is 13.1. The standard InChI is InChI=1S/C23H38N4O4/c1-16(2)30-15-18-9-8-10-20(17(18)3)25-21(28)27-12-11-26(7)14-19(27)13-24-22(29)31-23(4,5)6/h8-10,16,19H,11-15H2,1-7H3,(H,24,29)(H,25,28)/t19-/m0/s1. The van der Waals surface area contributed by atoms with Gasteiger partial charge in [0.2, 0.25) is 0 Å². The van der Waals surface area contributed by atoms with Gasteiger partial charge in [0, 0.05) is 31.9 Å². The van der Waals surface area contributed by atoms with Crippen molar-refractivity contribution in [2.24, 2.45) is 0 Å². The Bertz CT molecular complexity index is 760. The molecule has 1 aromatic rings. The minimum atomic E-state index is -0.563. The number of hydrogen-bond acceptors (Lipinski definition) is 5. The predicted molar refractivity (Wildman–Crippen MR) is 122 cm³/mol. The van der Waals surface area contributed by atoms with Crippen LogP contribution >= 0.6 is 0 Å². The van der Waals surface area contributed by atoms with Gasteiger partial charge < -0.3 is 29.9 Å². The fourth-order valence-corrected chi connectivity index (χ4v) is 3.39. The van der Waals surface area contributed by atoms with Crippen molar-refractivity contribution < 1.29 is 19.1 Å². The van der Waals surface area contributed by atoms with Crippen LogP contribution in [0.1, 0.15) is 45.7 Å². The summed E-state index contributed by atoms with van der Waals surface area (Å²) in [5.41, 5.74) is 2.25. The maximum Gasteiger partial charge on any atom is 0.407 e. The van der Waals surface area contributed by atoms with Crippen LogP contribution in [-0.2, 0) is 16.1 Å². The number of anilines is 1. The Morgan fingerprint density at radius 3 is 2.58 bits per heavy atom. The topological polar surface area (TPSA) is 83.1 Å². The van der Waals surface area contributed by atoms with Gasteiger partial charge in [-0.3, -0.25) is 0 Å². The average molecular weight is 435 g/mol. The molecule has 1 aliphatic heterocycles. The first-order valence-electron chi connectivity index (χ1n) is 10.9. The largest absolute Gasteiger partial charge is 0.444 e. The van der Waals surface area contributed by atoms with Crippen molar-refractivity contribution in [2.75, 3.05) is 38.5 Å². The fourth-order valence-electron chi connectivity index (χ4n) is 3.39. The molecule has 0 radical (unpaired) electrons. The number of alkyl carbamates (subject to hydrolysis) is 1. The van der Waals surface area contributed by atoms with Crippen molar-refractivity contribution in [1.82, 2.24) is 15.1 Å². The average Bonchev–Trinajstić information content (AvgIpc) is 2.65. The molecule has 0 saturated carbocycles. The van der Waals surface area contributed by atoms with Crippen molar-refractivity contribution >= 4 is 17.8 Å². The SMILES string of the molecule is Cc1c(COC(C)C)cccc1NC(=O)N1CCN(C)C[C@@H]1CNC(=O)OC(C)(C)C. The molecule has 0 spiro atoms. The Kier molecular flexibility index (Phi) is 8.70. The second kappa shape index (κ2) is 10.8. The molecule has 0 aromatic heterocycles. The third-order valence-electron chi connectivity index (χ3n) is 5.09. The van der Waals surface area contributed by atoms with Crippen molar-refractivity contribution in [3.63, 3.8) is 0 Å². The number of carbonyl (C=O) groups excluding carboxylic acids is 2. The van der Waals surface area contributed by atoms with E-state index in [1.54, 1.807) is 4.90 Å². The van der Waals surface area contributed by atoms with Gasteiger partial charge in [-0.2, -0.15) is 0 Å². The Morgan fingerprint density at radius 1 is 1.23 bits per heavy atom. The Balaban J connectivity index is 2.04. The lowest BCUT2D eigenvalue weighted by Crippen LogP contribution is -2.59. The van der Waals surface area contributed by atoms with E-state index in [1.807, 2.05) is 66.8 Å². The summed E-state index contributed by atoms with van der Waals surface area (Å²) in [6.45, 7) is 14.3. The number of urea groups is 1. The highest BCUT2D eigenvalue weighted by atomic mass is 16.6. The van der Waals surface area contributed by atoms with Crippen molar-refractivity contribution in [1.29, 1.82) is 0 Å². The molecule has 8 heteroatoms. The molecule has 0 bridgehead atoms. The summed E-state index contributed by atoms with van der Waals surface area (Å²) < 4.78 is 11.0. The highest BCUT2D eigenvalue weighted by molar-refractivity contribution is 5.90. The molecule has 0 aliphatic carbocycles. The minimum absolute atomic E-state index is 0.140. The van der Waals surface area contributed by atoms with Crippen molar-refractivity contribution in [3.8, 4) is 0 Å². The van der Waals surface area contributed by atoms with Crippen LogP contribution in [0.3, 0.4) is 0 Å². The van der Waals surface area contributed by atoms with Crippen LogP contribution in [0, 0.1) is 6.92 Å². The first-order chi connectivity index (χ1) is 14.5. The molecule has 8 nitrogen and oxygen atoms in total. The summed E-state index contributed by atoms with van der Waals surface area (Å²) in [6.07, 6.45) is -0.337. The minimum Gasteiger partial charge on any atom is -0.444 e. The number of amides is 3. The van der Waals surface area contributed by atoms with E-state index in [1.165, 1.54) is 0 Å². The number of ether oxygens (including phenoxy) is 2. The van der Waals surface area contributed by atoms with Gasteiger partial charge in [0.25, 0.3) is 0 Å². The second-order valence-corrected chi connectivity index (χ2v) is 9.37. The van der Waals surface area contributed by atoms with E-state index in [-0.39, 0.29) is 18.2 Å². The zero-order valence-corrected chi connectivity index (χ0v) is 19.9. The van der Waals surface area contributed by atoms with Crippen LogP contribution in [0.15, 0.2) is 18.2 Å². The number of nitrogens with zero attached hydrogens (tertiary/aromatic N) is 2. The highest BCUT2D eigenvalue weighted by Crippen LogP contribution is 2.21. The number of nitrogens with one attached hydrogen (secondary N) is 2. The number of carbonyl (C=O) groups is 2. The number of piperazine rings is 1. The van der Waals surface area contributed by atoms with E-state index in [9.17, 15) is 9.59 Å². The van der Waals surface area contributed by atoms with Crippen LogP contribution in [-0.4, -0.2) is 72.9 Å². The third kappa shape index (κ3) is 8.03. The van der Waals surface area contributed by atoms with Crippen LogP contribution < -0.4 is 10.6 Å². The molecule has 174 valence electrons. The van der Waals surface area contributed by atoms with Gasteiger partial charge in [-0.25, -0.2) is 9.59 Å². The normalized spacial score (nSPS) is 17.5. The Hall–Kier alpha value is -2.32. The van der Waals surface area contributed by atoms with Gasteiger partial charge in [-0.05, 0) is 65.8 Å². The van der Waals surface area contributed by atoms with Crippen LogP contribution in [0.5, 0.6) is 0 Å². The lowest BCUT2D eigenvalue weighted by atomic mass is 10.1. The van der Waals surface area contributed by atoms with E-state index in [0.29, 0.717) is 26.2 Å². The molecule has 1 heterocycles. The van der Waals surface area contributed by atoms with Crippen LogP contribution in [0.2, 0.25) is 0 Å². The van der Waals surface area contributed by atoms with Crippen LogP contribution in [0.25, 0.3) is 0 Å². The Morgan fingerprint density at radius 2 is 1.94 bits per heavy atom. The molecule has 1 aliphatic rings. The predicted octanol–water partition coefficient (Wildman–Crippen LogP) is 3.59. The second-order valence-electron chi connectivity index (χ2n) is 9.37. The van der Waals surface area contributed by atoms with E-state index < -0.39 is 11.7 Å². The molecule has 0 unspecified atom stereocenters. The first-order valence-corrected chi connectivity index (χ1v) is 10.9. The van der Waals surface area contributed by atoms with Gasteiger partial charge in [0.1, 0.15) is 5.60 Å². The number of hydrogen-bond donors (Lipinski definition) is 2. The van der Waals surface area contributed by atoms with Crippen molar-refractivity contribution in [2.45, 2.75) is 65.9 Å². The van der Waals surface area contributed by atoms with E-state index >= 15 is 0 Å². The Labute approximate surface area is 186 Å². The van der Waals surface area contributed by atoms with Crippen molar-refractivity contribution in [3.05, 3.63) is 29.3 Å². The van der Waals surface area contributed by atoms with Gasteiger partial charge >= 0.3 is 12.1 Å². The molecule has 1 saturated heterocycles. The molecule has 2 N–H and O–H groups in total. The molecular weight excluding hydrogens is 396 g/mol. The number of rotatable bonds is 6. The van der Waals surface area contributed by atoms with Gasteiger partial charge in [-0.15, -0.1) is 0 Å². The quantitative estimate of drug-likeness (QED) is 0.715. The van der Waals surface area contributed by atoms with Gasteiger partial charge in [-0.1, -0.05) is 12.1 Å². The van der Waals surface area contributed by atoms with E-state index in [0.717, 1.165) is 23.4 Å². The summed E-state index contributed by atoms with van der Waals surface area (Å²) in [5.74, 6) is 0. The number of likely N-dealkylation sites (N-methyl/N-ethyl adjacent to an activating group) is 1. The highest BCUT2D eigenvalue weighted by Gasteiger charge is 2.30. The lowest BCUT2D eigenvalue weighted by molar-refractivity contribution is 0.0490. The molecule has 1 atom stereocenters. The van der Waals surface area contributed by atoms with E-state index in [2.05, 4.69) is 15.5 Å². The molecule has 3 amide bonds. The maximum atomic E-state index is 13.1. The lowest BCUT2D eigenvalue weighted by Gasteiger charge is -2.40. The summed E-state index contributed by atoms with van der Waals surface area (Å²) in [6, 6.07) is 5.51. The first kappa shape index (κ1) is 24.9. The molecule has 1 fully saturated rings. The summed E-state index contributed by atoms with van der Waals surface area (Å²) in [7, 11) is 2.01. The summed E-state index contributed by atoms with van der Waals surface area (Å²) in [5, 5.41) is 5.85. The van der Waals surface area contributed by atoms with Gasteiger partial charge in [0.05, 0.1) is 18.8 Å². The van der Waals surface area contributed by atoms with Crippen LogP contribution in [0.4, 0.5) is 15.3 Å². The zero-order chi connectivity index (χ0) is 23.2. The smallest absolute Gasteiger partial charge is 0.407 e. The third-order valence-corrected chi connectivity index (χ3v) is 5.09. The molecular formula is C23H38N4O4. The monoisotopic (exact) mass is 434 g/mol. The zero-order valence-electron chi connectivity index (χ0n) is 19.9. The molecule has 1 aromatic carbocycles. The molecule has 2 rings (SSSR count).